The SMILES string of the molecule is Cc1nc(-c2ccnn2C)c2sccc2n1. The summed E-state index contributed by atoms with van der Waals surface area (Å²) in [5, 5.41) is 6.22. The number of fused-ring (bicyclic) bond motifs is 1. The van der Waals surface area contributed by atoms with Crippen molar-refractivity contribution in [1.29, 1.82) is 0 Å². The molecule has 0 bridgehead atoms. The van der Waals surface area contributed by atoms with Gasteiger partial charge >= 0.3 is 0 Å². The Labute approximate surface area is 96.6 Å². The maximum Gasteiger partial charge on any atom is 0.126 e. The molecule has 3 aromatic heterocycles. The third kappa shape index (κ3) is 1.32. The van der Waals surface area contributed by atoms with Crippen LogP contribution in [-0.2, 0) is 7.05 Å². The molecule has 5 heteroatoms. The molecule has 0 aliphatic carbocycles. The van der Waals surface area contributed by atoms with Gasteiger partial charge in [0.25, 0.3) is 0 Å². The highest BCUT2D eigenvalue weighted by Gasteiger charge is 2.11. The second kappa shape index (κ2) is 3.38. The van der Waals surface area contributed by atoms with Crippen LogP contribution >= 0.6 is 11.3 Å². The Morgan fingerprint density at radius 2 is 2.12 bits per heavy atom. The molecule has 80 valence electrons. The third-order valence-corrected chi connectivity index (χ3v) is 3.39. The first-order chi connectivity index (χ1) is 7.75. The highest BCUT2D eigenvalue weighted by atomic mass is 32.1. The first kappa shape index (κ1) is 9.47. The molecule has 0 N–H and O–H groups in total. The minimum absolute atomic E-state index is 0.794. The first-order valence-electron chi connectivity index (χ1n) is 4.96. The van der Waals surface area contributed by atoms with Gasteiger partial charge < -0.3 is 0 Å². The number of thiophene rings is 1. The lowest BCUT2D eigenvalue weighted by Gasteiger charge is -2.03. The first-order valence-corrected chi connectivity index (χ1v) is 5.84. The Kier molecular flexibility index (Phi) is 2.00. The van der Waals surface area contributed by atoms with Crippen molar-refractivity contribution in [1.82, 2.24) is 19.7 Å². The Hall–Kier alpha value is -1.75. The van der Waals surface area contributed by atoms with E-state index in [1.807, 2.05) is 36.2 Å². The van der Waals surface area contributed by atoms with E-state index in [9.17, 15) is 0 Å². The van der Waals surface area contributed by atoms with Crippen molar-refractivity contribution in [2.45, 2.75) is 6.92 Å². The molecule has 0 aromatic carbocycles. The monoisotopic (exact) mass is 230 g/mol. The molecule has 4 nitrogen and oxygen atoms in total. The van der Waals surface area contributed by atoms with E-state index in [2.05, 4.69) is 15.1 Å². The smallest absolute Gasteiger partial charge is 0.126 e. The van der Waals surface area contributed by atoms with Gasteiger partial charge in [0.15, 0.2) is 0 Å². The standard InChI is InChI=1S/C11H10N4S/c1-7-13-8-4-6-16-11(8)10(14-7)9-3-5-12-15(9)2/h3-6H,1-2H3. The summed E-state index contributed by atoms with van der Waals surface area (Å²) < 4.78 is 2.95. The van der Waals surface area contributed by atoms with Gasteiger partial charge in [-0.2, -0.15) is 5.10 Å². The maximum atomic E-state index is 4.52. The molecule has 3 heterocycles. The van der Waals surface area contributed by atoms with Gasteiger partial charge in [-0.25, -0.2) is 9.97 Å². The van der Waals surface area contributed by atoms with Crippen LogP contribution in [0.4, 0.5) is 0 Å². The number of nitrogens with zero attached hydrogens (tertiary/aromatic N) is 4. The summed E-state index contributed by atoms with van der Waals surface area (Å²) in [6.45, 7) is 1.91. The average Bonchev–Trinajstić information content (AvgIpc) is 2.84. The zero-order valence-corrected chi connectivity index (χ0v) is 9.82. The maximum absolute atomic E-state index is 4.52. The van der Waals surface area contributed by atoms with Gasteiger partial charge in [0.1, 0.15) is 11.5 Å². The summed E-state index contributed by atoms with van der Waals surface area (Å²) in [6.07, 6.45) is 1.78. The Balaban J connectivity index is 2.38. The van der Waals surface area contributed by atoms with Gasteiger partial charge in [0.05, 0.1) is 15.9 Å². The van der Waals surface area contributed by atoms with Crippen LogP contribution in [0.25, 0.3) is 21.6 Å². The molecular weight excluding hydrogens is 220 g/mol. The second-order valence-corrected chi connectivity index (χ2v) is 4.51. The Morgan fingerprint density at radius 1 is 1.25 bits per heavy atom. The van der Waals surface area contributed by atoms with Crippen molar-refractivity contribution >= 4 is 21.6 Å². The fraction of sp³-hybridized carbons (Fsp3) is 0.182. The summed E-state index contributed by atoms with van der Waals surface area (Å²) in [4.78, 5) is 8.92. The van der Waals surface area contributed by atoms with E-state index in [-0.39, 0.29) is 0 Å². The quantitative estimate of drug-likeness (QED) is 0.644. The van der Waals surface area contributed by atoms with E-state index in [4.69, 9.17) is 0 Å². The van der Waals surface area contributed by atoms with Crippen LogP contribution in [0.15, 0.2) is 23.7 Å². The van der Waals surface area contributed by atoms with Gasteiger partial charge in [-0.1, -0.05) is 0 Å². The van der Waals surface area contributed by atoms with Crippen molar-refractivity contribution in [3.8, 4) is 11.4 Å². The molecule has 0 spiro atoms. The molecule has 0 amide bonds. The van der Waals surface area contributed by atoms with E-state index in [1.165, 1.54) is 0 Å². The van der Waals surface area contributed by atoms with Crippen LogP contribution < -0.4 is 0 Å². The number of aryl methyl sites for hydroxylation is 2. The van der Waals surface area contributed by atoms with Crippen LogP contribution in [0, 0.1) is 6.92 Å². The van der Waals surface area contributed by atoms with E-state index < -0.39 is 0 Å². The number of hydrogen-bond acceptors (Lipinski definition) is 4. The minimum Gasteiger partial charge on any atom is -0.266 e. The summed E-state index contributed by atoms with van der Waals surface area (Å²) in [6, 6.07) is 4.00. The number of aromatic nitrogens is 4. The van der Waals surface area contributed by atoms with Crippen molar-refractivity contribution in [2.75, 3.05) is 0 Å². The molecule has 0 saturated heterocycles. The van der Waals surface area contributed by atoms with Gasteiger partial charge in [0, 0.05) is 13.2 Å². The van der Waals surface area contributed by atoms with Gasteiger partial charge in [0.2, 0.25) is 0 Å². The van der Waals surface area contributed by atoms with Gasteiger partial charge in [-0.3, -0.25) is 4.68 Å². The summed E-state index contributed by atoms with van der Waals surface area (Å²) in [5.74, 6) is 0.794. The lowest BCUT2D eigenvalue weighted by atomic mass is 10.2. The highest BCUT2D eigenvalue weighted by Crippen LogP contribution is 2.29. The fourth-order valence-corrected chi connectivity index (χ4v) is 2.59. The average molecular weight is 230 g/mol. The van der Waals surface area contributed by atoms with E-state index in [1.54, 1.807) is 17.5 Å². The molecule has 0 atom stereocenters. The van der Waals surface area contributed by atoms with Crippen molar-refractivity contribution < 1.29 is 0 Å². The van der Waals surface area contributed by atoms with Gasteiger partial charge in [-0.15, -0.1) is 11.3 Å². The van der Waals surface area contributed by atoms with Crippen LogP contribution in [0.3, 0.4) is 0 Å². The highest BCUT2D eigenvalue weighted by molar-refractivity contribution is 7.17. The molecule has 0 unspecified atom stereocenters. The zero-order chi connectivity index (χ0) is 11.1. The van der Waals surface area contributed by atoms with Crippen molar-refractivity contribution in [3.05, 3.63) is 29.5 Å². The van der Waals surface area contributed by atoms with Crippen molar-refractivity contribution in [2.24, 2.45) is 7.05 Å². The normalized spacial score (nSPS) is 11.1. The summed E-state index contributed by atoms with van der Waals surface area (Å²) in [5.41, 5.74) is 3.00. The fourth-order valence-electron chi connectivity index (χ4n) is 1.76. The number of rotatable bonds is 1. The zero-order valence-electron chi connectivity index (χ0n) is 9.01. The summed E-state index contributed by atoms with van der Waals surface area (Å²) >= 11 is 1.66. The van der Waals surface area contributed by atoms with Crippen LogP contribution in [0.2, 0.25) is 0 Å². The van der Waals surface area contributed by atoms with E-state index >= 15 is 0 Å². The molecule has 0 aliphatic rings. The predicted molar refractivity (Wildman–Crippen MR) is 64.4 cm³/mol. The number of hydrogen-bond donors (Lipinski definition) is 0. The van der Waals surface area contributed by atoms with Crippen molar-refractivity contribution in [3.63, 3.8) is 0 Å². The molecule has 0 aliphatic heterocycles. The molecule has 0 fully saturated rings. The molecule has 0 radical (unpaired) electrons. The Morgan fingerprint density at radius 3 is 2.88 bits per heavy atom. The van der Waals surface area contributed by atoms with Crippen LogP contribution in [0.5, 0.6) is 0 Å². The topological polar surface area (TPSA) is 43.6 Å². The lowest BCUT2D eigenvalue weighted by molar-refractivity contribution is 0.773. The summed E-state index contributed by atoms with van der Waals surface area (Å²) in [7, 11) is 1.92. The van der Waals surface area contributed by atoms with Gasteiger partial charge in [-0.05, 0) is 24.4 Å². The molecular formula is C11H10N4S. The molecule has 16 heavy (non-hydrogen) atoms. The van der Waals surface area contributed by atoms with Crippen LogP contribution in [-0.4, -0.2) is 19.7 Å². The molecule has 3 aromatic rings. The Bertz CT molecular complexity index is 653. The molecule has 0 saturated carbocycles. The predicted octanol–water partition coefficient (Wildman–Crippen LogP) is 2.40. The molecule has 3 rings (SSSR count). The minimum atomic E-state index is 0.794. The second-order valence-electron chi connectivity index (χ2n) is 3.59. The lowest BCUT2D eigenvalue weighted by Crippen LogP contribution is -1.97. The largest absolute Gasteiger partial charge is 0.266 e. The van der Waals surface area contributed by atoms with E-state index in [0.29, 0.717) is 0 Å². The van der Waals surface area contributed by atoms with Crippen LogP contribution in [0.1, 0.15) is 5.82 Å². The third-order valence-electron chi connectivity index (χ3n) is 2.48. The van der Waals surface area contributed by atoms with E-state index in [0.717, 1.165) is 27.4 Å².